The van der Waals surface area contributed by atoms with Gasteiger partial charge in [-0.15, -0.1) is 0 Å². The van der Waals surface area contributed by atoms with Crippen LogP contribution < -0.4 is 5.32 Å². The Morgan fingerprint density at radius 3 is 2.61 bits per heavy atom. The summed E-state index contributed by atoms with van der Waals surface area (Å²) < 4.78 is 0. The lowest BCUT2D eigenvalue weighted by atomic mass is 9.94. The molecule has 1 aliphatic rings. The van der Waals surface area contributed by atoms with Crippen LogP contribution in [0, 0.1) is 23.2 Å². The predicted octanol–water partition coefficient (Wildman–Crippen LogP) is 0.0458. The molecular formula is C12H17N3O3. The smallest absolute Gasteiger partial charge is 0.249 e. The average Bonchev–Trinajstić information content (AvgIpc) is 2.28. The summed E-state index contributed by atoms with van der Waals surface area (Å²) in [6.07, 6.45) is 0.418. The largest absolute Gasteiger partial charge is 0.320 e. The molecule has 6 heteroatoms. The maximum Gasteiger partial charge on any atom is 0.249 e. The van der Waals surface area contributed by atoms with Crippen molar-refractivity contribution >= 4 is 17.7 Å². The summed E-state index contributed by atoms with van der Waals surface area (Å²) in [6, 6.07) is 1.28. The van der Waals surface area contributed by atoms with E-state index in [4.69, 9.17) is 5.26 Å². The lowest BCUT2D eigenvalue weighted by Crippen LogP contribution is -2.60. The molecule has 0 radical (unpaired) electrons. The molecular weight excluding hydrogens is 234 g/mol. The van der Waals surface area contributed by atoms with Crippen LogP contribution in [0.25, 0.3) is 0 Å². The second kappa shape index (κ2) is 5.63. The van der Waals surface area contributed by atoms with Gasteiger partial charge in [-0.05, 0) is 12.3 Å². The first-order valence-corrected chi connectivity index (χ1v) is 5.96. The Bertz CT molecular complexity index is 411. The van der Waals surface area contributed by atoms with Crippen molar-refractivity contribution in [1.29, 1.82) is 5.26 Å². The molecule has 0 bridgehead atoms. The van der Waals surface area contributed by atoms with Gasteiger partial charge in [0.05, 0.1) is 6.07 Å². The highest BCUT2D eigenvalue weighted by molar-refractivity contribution is 6.04. The second-order valence-corrected chi connectivity index (χ2v) is 4.65. The Kier molecular flexibility index (Phi) is 4.43. The first kappa shape index (κ1) is 14.2. The number of carbonyl (C=O) groups is 3. The van der Waals surface area contributed by atoms with E-state index in [0.29, 0.717) is 6.42 Å². The van der Waals surface area contributed by atoms with Crippen molar-refractivity contribution in [3.8, 4) is 6.07 Å². The van der Waals surface area contributed by atoms with Crippen LogP contribution in [0.1, 0.15) is 27.2 Å². The number of amides is 3. The van der Waals surface area contributed by atoms with Crippen LogP contribution in [0.15, 0.2) is 0 Å². The van der Waals surface area contributed by atoms with Gasteiger partial charge in [0.15, 0.2) is 0 Å². The summed E-state index contributed by atoms with van der Waals surface area (Å²) in [4.78, 5) is 36.4. The number of hydrogen-bond donors (Lipinski definition) is 1. The zero-order valence-electron chi connectivity index (χ0n) is 10.8. The number of hydrogen-bond acceptors (Lipinski definition) is 4. The molecule has 0 aromatic carbocycles. The standard InChI is InChI=1S/C12H17N3O3/c1-4-9-11(17)14-10(16)6-15(9)12(18)8(5-13)7(2)3/h7-9H,4,6H2,1-3H3,(H,14,16,17). The highest BCUT2D eigenvalue weighted by atomic mass is 16.2. The molecule has 18 heavy (non-hydrogen) atoms. The average molecular weight is 251 g/mol. The molecule has 1 rings (SSSR count). The topological polar surface area (TPSA) is 90.3 Å². The fraction of sp³-hybridized carbons (Fsp3) is 0.667. The zero-order chi connectivity index (χ0) is 13.9. The molecule has 1 heterocycles. The SMILES string of the molecule is CCC1C(=O)NC(=O)CN1C(=O)C(C#N)C(C)C. The van der Waals surface area contributed by atoms with E-state index in [2.05, 4.69) is 5.32 Å². The van der Waals surface area contributed by atoms with E-state index in [1.165, 1.54) is 4.90 Å². The van der Waals surface area contributed by atoms with Gasteiger partial charge in [-0.3, -0.25) is 19.7 Å². The number of nitrogens with one attached hydrogen (secondary N) is 1. The third-order valence-electron chi connectivity index (χ3n) is 3.00. The maximum atomic E-state index is 12.2. The maximum absolute atomic E-state index is 12.2. The van der Waals surface area contributed by atoms with Crippen molar-refractivity contribution in [2.24, 2.45) is 11.8 Å². The summed E-state index contributed by atoms with van der Waals surface area (Å²) in [7, 11) is 0. The van der Waals surface area contributed by atoms with Gasteiger partial charge in [0.25, 0.3) is 0 Å². The van der Waals surface area contributed by atoms with E-state index in [-0.39, 0.29) is 12.5 Å². The van der Waals surface area contributed by atoms with Crippen LogP contribution in [0.2, 0.25) is 0 Å². The van der Waals surface area contributed by atoms with Gasteiger partial charge in [0.1, 0.15) is 18.5 Å². The number of nitriles is 1. The van der Waals surface area contributed by atoms with Crippen molar-refractivity contribution in [2.75, 3.05) is 6.54 Å². The minimum absolute atomic E-state index is 0.153. The predicted molar refractivity (Wildman–Crippen MR) is 62.9 cm³/mol. The van der Waals surface area contributed by atoms with Gasteiger partial charge < -0.3 is 4.90 Å². The molecule has 2 atom stereocenters. The fourth-order valence-corrected chi connectivity index (χ4v) is 1.97. The number of piperazine rings is 1. The van der Waals surface area contributed by atoms with Gasteiger partial charge in [-0.2, -0.15) is 5.26 Å². The monoisotopic (exact) mass is 251 g/mol. The Morgan fingerprint density at radius 2 is 2.17 bits per heavy atom. The minimum atomic E-state index is -0.822. The van der Waals surface area contributed by atoms with Crippen molar-refractivity contribution < 1.29 is 14.4 Å². The van der Waals surface area contributed by atoms with E-state index in [1.54, 1.807) is 20.8 Å². The molecule has 1 aliphatic heterocycles. The number of imide groups is 1. The Labute approximate surface area is 106 Å². The van der Waals surface area contributed by atoms with E-state index >= 15 is 0 Å². The molecule has 2 unspecified atom stereocenters. The van der Waals surface area contributed by atoms with Crippen LogP contribution in [-0.4, -0.2) is 35.2 Å². The molecule has 1 fully saturated rings. The van der Waals surface area contributed by atoms with E-state index in [1.807, 2.05) is 6.07 Å². The Hall–Kier alpha value is -1.90. The summed E-state index contributed by atoms with van der Waals surface area (Å²) in [5.74, 6) is -2.39. The van der Waals surface area contributed by atoms with E-state index in [9.17, 15) is 14.4 Å². The van der Waals surface area contributed by atoms with Gasteiger partial charge in [0.2, 0.25) is 17.7 Å². The van der Waals surface area contributed by atoms with Crippen LogP contribution in [0.4, 0.5) is 0 Å². The highest BCUT2D eigenvalue weighted by Gasteiger charge is 2.38. The van der Waals surface area contributed by atoms with Crippen LogP contribution in [0.5, 0.6) is 0 Å². The lowest BCUT2D eigenvalue weighted by Gasteiger charge is -2.35. The number of nitrogens with zero attached hydrogens (tertiary/aromatic N) is 2. The third-order valence-corrected chi connectivity index (χ3v) is 3.00. The summed E-state index contributed by atoms with van der Waals surface area (Å²) in [6.45, 7) is 5.13. The third kappa shape index (κ3) is 2.67. The van der Waals surface area contributed by atoms with Crippen molar-refractivity contribution in [3.05, 3.63) is 0 Å². The molecule has 1 saturated heterocycles. The molecule has 0 aliphatic carbocycles. The molecule has 0 aromatic heterocycles. The Morgan fingerprint density at radius 1 is 1.56 bits per heavy atom. The molecule has 98 valence electrons. The molecule has 6 nitrogen and oxygen atoms in total. The molecule has 0 aromatic rings. The first-order valence-electron chi connectivity index (χ1n) is 5.96. The molecule has 1 N–H and O–H groups in total. The van der Waals surface area contributed by atoms with E-state index < -0.39 is 29.7 Å². The zero-order valence-corrected chi connectivity index (χ0v) is 10.8. The quantitative estimate of drug-likeness (QED) is 0.717. The lowest BCUT2D eigenvalue weighted by molar-refractivity contribution is -0.152. The number of carbonyl (C=O) groups excluding carboxylic acids is 3. The van der Waals surface area contributed by atoms with Gasteiger partial charge in [-0.25, -0.2) is 0 Å². The van der Waals surface area contributed by atoms with Gasteiger partial charge in [-0.1, -0.05) is 20.8 Å². The van der Waals surface area contributed by atoms with E-state index in [0.717, 1.165) is 0 Å². The fourth-order valence-electron chi connectivity index (χ4n) is 1.97. The van der Waals surface area contributed by atoms with Crippen molar-refractivity contribution in [1.82, 2.24) is 10.2 Å². The summed E-state index contributed by atoms with van der Waals surface area (Å²) in [5.41, 5.74) is 0. The summed E-state index contributed by atoms with van der Waals surface area (Å²) >= 11 is 0. The summed E-state index contributed by atoms with van der Waals surface area (Å²) in [5, 5.41) is 11.2. The Balaban J connectivity index is 2.97. The highest BCUT2D eigenvalue weighted by Crippen LogP contribution is 2.18. The van der Waals surface area contributed by atoms with Crippen LogP contribution in [-0.2, 0) is 14.4 Å². The first-order chi connectivity index (χ1) is 8.42. The molecule has 0 spiro atoms. The number of rotatable bonds is 3. The van der Waals surface area contributed by atoms with Crippen LogP contribution in [0.3, 0.4) is 0 Å². The molecule has 0 saturated carbocycles. The minimum Gasteiger partial charge on any atom is -0.320 e. The normalized spacial score (nSPS) is 21.5. The van der Waals surface area contributed by atoms with Gasteiger partial charge >= 0.3 is 0 Å². The van der Waals surface area contributed by atoms with Crippen molar-refractivity contribution in [2.45, 2.75) is 33.2 Å². The van der Waals surface area contributed by atoms with Crippen LogP contribution >= 0.6 is 0 Å². The van der Waals surface area contributed by atoms with Crippen molar-refractivity contribution in [3.63, 3.8) is 0 Å². The van der Waals surface area contributed by atoms with Gasteiger partial charge in [0, 0.05) is 0 Å². The second-order valence-electron chi connectivity index (χ2n) is 4.65. The molecule has 3 amide bonds.